The average molecular weight is 292 g/mol. The Labute approximate surface area is 116 Å². The van der Waals surface area contributed by atoms with Gasteiger partial charge in [0.15, 0.2) is 0 Å². The van der Waals surface area contributed by atoms with E-state index in [1.165, 1.54) is 18.2 Å². The van der Waals surface area contributed by atoms with Crippen LogP contribution in [0.1, 0.15) is 15.2 Å². The number of thiophene rings is 1. The first kappa shape index (κ1) is 12.9. The zero-order valence-electron chi connectivity index (χ0n) is 9.99. The van der Waals surface area contributed by atoms with E-state index in [-0.39, 0.29) is 10.4 Å². The van der Waals surface area contributed by atoms with Gasteiger partial charge in [-0.05, 0) is 47.9 Å². The highest BCUT2D eigenvalue weighted by Crippen LogP contribution is 2.28. The summed E-state index contributed by atoms with van der Waals surface area (Å²) in [6, 6.07) is 8.34. The Bertz CT molecular complexity index is 823. The van der Waals surface area contributed by atoms with E-state index in [0.717, 1.165) is 29.5 Å². The number of halogens is 3. The average Bonchev–Trinajstić information content (AvgIpc) is 2.83. The Morgan fingerprint density at radius 3 is 2.40 bits per heavy atom. The van der Waals surface area contributed by atoms with E-state index in [0.29, 0.717) is 10.1 Å². The van der Waals surface area contributed by atoms with Crippen molar-refractivity contribution in [2.75, 3.05) is 0 Å². The van der Waals surface area contributed by atoms with Crippen LogP contribution in [0, 0.1) is 17.5 Å². The summed E-state index contributed by atoms with van der Waals surface area (Å²) in [5.41, 5.74) is -0.322. The second-order valence-corrected chi connectivity index (χ2v) is 5.33. The summed E-state index contributed by atoms with van der Waals surface area (Å²) in [6.45, 7) is 0. The number of hydrogen-bond acceptors (Lipinski definition) is 2. The number of ketones is 1. The first-order valence-electron chi connectivity index (χ1n) is 5.73. The molecule has 0 N–H and O–H groups in total. The SMILES string of the molecule is O=C(c1cc2cc(F)ccc2s1)c1cc(F)ccc1F. The number of benzene rings is 2. The molecule has 20 heavy (non-hydrogen) atoms. The fourth-order valence-corrected chi connectivity index (χ4v) is 2.93. The zero-order chi connectivity index (χ0) is 14.3. The van der Waals surface area contributed by atoms with Crippen LogP contribution in [0.5, 0.6) is 0 Å². The zero-order valence-corrected chi connectivity index (χ0v) is 10.8. The van der Waals surface area contributed by atoms with E-state index < -0.39 is 23.2 Å². The van der Waals surface area contributed by atoms with Crippen LogP contribution in [0.4, 0.5) is 13.2 Å². The Kier molecular flexibility index (Phi) is 3.06. The molecule has 0 atom stereocenters. The summed E-state index contributed by atoms with van der Waals surface area (Å²) in [4.78, 5) is 12.4. The van der Waals surface area contributed by atoms with Gasteiger partial charge in [-0.25, -0.2) is 13.2 Å². The minimum atomic E-state index is -0.778. The van der Waals surface area contributed by atoms with Gasteiger partial charge in [0, 0.05) is 4.70 Å². The van der Waals surface area contributed by atoms with Gasteiger partial charge >= 0.3 is 0 Å². The summed E-state index contributed by atoms with van der Waals surface area (Å²) in [7, 11) is 0. The van der Waals surface area contributed by atoms with Crippen molar-refractivity contribution in [1.82, 2.24) is 0 Å². The number of rotatable bonds is 2. The topological polar surface area (TPSA) is 17.1 Å². The van der Waals surface area contributed by atoms with Crippen molar-refractivity contribution in [3.63, 3.8) is 0 Å². The lowest BCUT2D eigenvalue weighted by atomic mass is 10.1. The molecule has 100 valence electrons. The molecule has 2 aromatic carbocycles. The molecule has 0 radical (unpaired) electrons. The van der Waals surface area contributed by atoms with Crippen molar-refractivity contribution in [2.45, 2.75) is 0 Å². The van der Waals surface area contributed by atoms with Crippen LogP contribution in [-0.4, -0.2) is 5.78 Å². The highest BCUT2D eigenvalue weighted by atomic mass is 32.1. The number of fused-ring (bicyclic) bond motifs is 1. The van der Waals surface area contributed by atoms with Gasteiger partial charge in [0.2, 0.25) is 5.78 Å². The molecule has 1 aromatic heterocycles. The molecule has 0 aliphatic rings. The normalized spacial score (nSPS) is 10.9. The standard InChI is InChI=1S/C15H7F3OS/c16-9-2-4-13-8(5-9)6-14(20-13)15(19)11-7-10(17)1-3-12(11)18/h1-7H. The summed E-state index contributed by atoms with van der Waals surface area (Å²) in [5.74, 6) is -2.48. The third kappa shape index (κ3) is 2.20. The molecule has 0 aliphatic carbocycles. The molecule has 0 spiro atoms. The molecular weight excluding hydrogens is 285 g/mol. The van der Waals surface area contributed by atoms with Crippen molar-refractivity contribution >= 4 is 27.2 Å². The summed E-state index contributed by atoms with van der Waals surface area (Å²) < 4.78 is 40.5. The fourth-order valence-electron chi connectivity index (χ4n) is 1.93. The van der Waals surface area contributed by atoms with Crippen LogP contribution < -0.4 is 0 Å². The lowest BCUT2D eigenvalue weighted by Crippen LogP contribution is -2.02. The fraction of sp³-hybridized carbons (Fsp3) is 0. The summed E-state index contributed by atoms with van der Waals surface area (Å²) in [5, 5.41) is 0.565. The summed E-state index contributed by atoms with van der Waals surface area (Å²) >= 11 is 1.12. The molecule has 3 aromatic rings. The number of carbonyl (C=O) groups excluding carboxylic acids is 1. The van der Waals surface area contributed by atoms with E-state index in [9.17, 15) is 18.0 Å². The monoisotopic (exact) mass is 292 g/mol. The Morgan fingerprint density at radius 1 is 0.900 bits per heavy atom. The maximum Gasteiger partial charge on any atom is 0.206 e. The van der Waals surface area contributed by atoms with E-state index in [1.54, 1.807) is 6.07 Å². The molecule has 0 fully saturated rings. The molecule has 1 nitrogen and oxygen atoms in total. The lowest BCUT2D eigenvalue weighted by Gasteiger charge is -2.00. The maximum absolute atomic E-state index is 13.6. The quantitative estimate of drug-likeness (QED) is 0.633. The first-order valence-corrected chi connectivity index (χ1v) is 6.55. The predicted octanol–water partition coefficient (Wildman–Crippen LogP) is 4.55. The van der Waals surface area contributed by atoms with Gasteiger partial charge in [0.25, 0.3) is 0 Å². The highest BCUT2D eigenvalue weighted by Gasteiger charge is 2.17. The number of carbonyl (C=O) groups is 1. The van der Waals surface area contributed by atoms with Crippen molar-refractivity contribution in [2.24, 2.45) is 0 Å². The van der Waals surface area contributed by atoms with Gasteiger partial charge in [-0.2, -0.15) is 0 Å². The Hall–Kier alpha value is -2.14. The molecular formula is C15H7F3OS. The van der Waals surface area contributed by atoms with Crippen molar-refractivity contribution in [3.05, 3.63) is 70.4 Å². The molecule has 0 unspecified atom stereocenters. The van der Waals surface area contributed by atoms with Gasteiger partial charge in [0.05, 0.1) is 10.4 Å². The van der Waals surface area contributed by atoms with Gasteiger partial charge in [-0.3, -0.25) is 4.79 Å². The predicted molar refractivity (Wildman–Crippen MR) is 71.6 cm³/mol. The highest BCUT2D eigenvalue weighted by molar-refractivity contribution is 7.21. The largest absolute Gasteiger partial charge is 0.288 e. The Morgan fingerprint density at radius 2 is 1.60 bits per heavy atom. The van der Waals surface area contributed by atoms with Crippen LogP contribution in [0.3, 0.4) is 0 Å². The summed E-state index contributed by atoms with van der Waals surface area (Å²) in [6.07, 6.45) is 0. The third-order valence-corrected chi connectivity index (χ3v) is 3.99. The minimum absolute atomic E-state index is 0.245. The maximum atomic E-state index is 13.6. The van der Waals surface area contributed by atoms with Crippen LogP contribution in [0.15, 0.2) is 42.5 Å². The van der Waals surface area contributed by atoms with E-state index in [1.807, 2.05) is 0 Å². The molecule has 1 heterocycles. The minimum Gasteiger partial charge on any atom is -0.288 e. The molecule has 0 aliphatic heterocycles. The van der Waals surface area contributed by atoms with Crippen molar-refractivity contribution in [1.29, 1.82) is 0 Å². The molecule has 0 saturated heterocycles. The van der Waals surface area contributed by atoms with Gasteiger partial charge in [-0.15, -0.1) is 11.3 Å². The van der Waals surface area contributed by atoms with Gasteiger partial charge < -0.3 is 0 Å². The molecule has 0 amide bonds. The smallest absolute Gasteiger partial charge is 0.206 e. The second kappa shape index (κ2) is 4.76. The van der Waals surface area contributed by atoms with E-state index in [2.05, 4.69) is 0 Å². The van der Waals surface area contributed by atoms with Crippen molar-refractivity contribution in [3.8, 4) is 0 Å². The molecule has 0 saturated carbocycles. The Balaban J connectivity index is 2.10. The third-order valence-electron chi connectivity index (χ3n) is 2.88. The van der Waals surface area contributed by atoms with Crippen molar-refractivity contribution < 1.29 is 18.0 Å². The molecule has 3 rings (SSSR count). The van der Waals surface area contributed by atoms with Gasteiger partial charge in [-0.1, -0.05) is 0 Å². The molecule has 5 heteroatoms. The van der Waals surface area contributed by atoms with E-state index in [4.69, 9.17) is 0 Å². The second-order valence-electron chi connectivity index (χ2n) is 4.25. The van der Waals surface area contributed by atoms with Gasteiger partial charge in [0.1, 0.15) is 17.5 Å². The first-order chi connectivity index (χ1) is 9.54. The van der Waals surface area contributed by atoms with Crippen LogP contribution in [-0.2, 0) is 0 Å². The molecule has 0 bridgehead atoms. The van der Waals surface area contributed by atoms with Crippen LogP contribution >= 0.6 is 11.3 Å². The van der Waals surface area contributed by atoms with Crippen LogP contribution in [0.25, 0.3) is 10.1 Å². The van der Waals surface area contributed by atoms with Crippen LogP contribution in [0.2, 0.25) is 0 Å². The number of hydrogen-bond donors (Lipinski definition) is 0. The van der Waals surface area contributed by atoms with E-state index >= 15 is 0 Å². The lowest BCUT2D eigenvalue weighted by molar-refractivity contribution is 0.103.